The lowest BCUT2D eigenvalue weighted by molar-refractivity contribution is -0.138. The quantitative estimate of drug-likeness (QED) is 0.803. The number of hydrogen-bond acceptors (Lipinski definition) is 3. The zero-order valence-corrected chi connectivity index (χ0v) is 17.6. The van der Waals surface area contributed by atoms with Crippen LogP contribution in [0, 0.1) is 5.92 Å². The molecule has 2 aliphatic heterocycles. The lowest BCUT2D eigenvalue weighted by atomic mass is 9.64. The van der Waals surface area contributed by atoms with Gasteiger partial charge in [0.15, 0.2) is 0 Å². The number of nitrogens with one attached hydrogen (secondary N) is 1. The van der Waals surface area contributed by atoms with Crippen molar-refractivity contribution < 1.29 is 9.59 Å². The second-order valence-electron chi connectivity index (χ2n) is 9.21. The molecular weight excluding hydrogens is 362 g/mol. The average molecular weight is 398 g/mol. The first-order valence-electron chi connectivity index (χ1n) is 11.5. The van der Waals surface area contributed by atoms with Crippen molar-refractivity contribution in [2.45, 2.75) is 56.8 Å². The second-order valence-corrected chi connectivity index (χ2v) is 9.21. The minimum Gasteiger partial charge on any atom is -0.354 e. The highest BCUT2D eigenvalue weighted by Crippen LogP contribution is 2.43. The normalized spacial score (nSPS) is 22.7. The molecule has 0 aromatic heterocycles. The topological polar surface area (TPSA) is 52.7 Å². The first-order chi connectivity index (χ1) is 14.2. The van der Waals surface area contributed by atoms with Gasteiger partial charge < -0.3 is 10.2 Å². The molecule has 1 aromatic carbocycles. The predicted octanol–water partition coefficient (Wildman–Crippen LogP) is 2.95. The summed E-state index contributed by atoms with van der Waals surface area (Å²) in [5.41, 5.74) is 1.48. The summed E-state index contributed by atoms with van der Waals surface area (Å²) in [6.45, 7) is 4.76. The van der Waals surface area contributed by atoms with E-state index in [9.17, 15) is 9.59 Å². The molecule has 1 aromatic rings. The van der Waals surface area contributed by atoms with Crippen LogP contribution in [0.25, 0.3) is 0 Å². The van der Waals surface area contributed by atoms with E-state index in [4.69, 9.17) is 0 Å². The van der Waals surface area contributed by atoms with Crippen LogP contribution in [0.1, 0.15) is 56.9 Å². The Labute approximate surface area is 174 Å². The molecule has 4 rings (SSSR count). The minimum atomic E-state index is 0.119. The number of likely N-dealkylation sites (tertiary alicyclic amines) is 2. The highest BCUT2D eigenvalue weighted by molar-refractivity contribution is 5.79. The molecule has 0 spiro atoms. The third kappa shape index (κ3) is 4.82. The van der Waals surface area contributed by atoms with Gasteiger partial charge in [-0.3, -0.25) is 14.5 Å². The molecule has 29 heavy (non-hydrogen) atoms. The summed E-state index contributed by atoms with van der Waals surface area (Å²) < 4.78 is 0. The van der Waals surface area contributed by atoms with Crippen LogP contribution in [-0.4, -0.2) is 60.9 Å². The largest absolute Gasteiger partial charge is 0.354 e. The fourth-order valence-electron chi connectivity index (χ4n) is 5.20. The Balaban J connectivity index is 1.20. The lowest BCUT2D eigenvalue weighted by Gasteiger charge is -2.43. The van der Waals surface area contributed by atoms with Gasteiger partial charge in [-0.05, 0) is 63.6 Å². The Morgan fingerprint density at radius 2 is 1.62 bits per heavy atom. The van der Waals surface area contributed by atoms with Crippen LogP contribution in [0.2, 0.25) is 0 Å². The number of hydrogen-bond donors (Lipinski definition) is 1. The summed E-state index contributed by atoms with van der Waals surface area (Å²) >= 11 is 0. The first kappa shape index (κ1) is 20.4. The summed E-state index contributed by atoms with van der Waals surface area (Å²) in [7, 11) is 0. The fourth-order valence-corrected chi connectivity index (χ4v) is 5.20. The van der Waals surface area contributed by atoms with Crippen LogP contribution in [0.4, 0.5) is 0 Å². The maximum Gasteiger partial charge on any atom is 0.234 e. The van der Waals surface area contributed by atoms with Gasteiger partial charge in [-0.15, -0.1) is 0 Å². The van der Waals surface area contributed by atoms with Crippen molar-refractivity contribution in [3.05, 3.63) is 35.9 Å². The lowest BCUT2D eigenvalue weighted by Crippen LogP contribution is -2.49. The van der Waals surface area contributed by atoms with E-state index in [2.05, 4.69) is 39.4 Å². The maximum atomic E-state index is 12.7. The van der Waals surface area contributed by atoms with E-state index in [1.54, 1.807) is 0 Å². The standard InChI is InChI=1S/C24H35N3O2/c28-22(25-19-24(12-7-13-24)21-8-3-1-4-9-21)18-26-16-10-20(11-17-26)23(29)27-14-5-2-6-15-27/h1,3-4,8-9,20H,2,5-7,10-19H2,(H,25,28). The SMILES string of the molecule is O=C(CN1CCC(C(=O)N2CCCCC2)CC1)NCC1(c2ccccc2)CCC1. The Morgan fingerprint density at radius 3 is 2.24 bits per heavy atom. The molecule has 2 saturated heterocycles. The molecule has 1 aliphatic carbocycles. The highest BCUT2D eigenvalue weighted by Gasteiger charge is 2.38. The zero-order chi connectivity index (χ0) is 20.1. The molecule has 1 N–H and O–H groups in total. The number of rotatable bonds is 6. The number of nitrogens with zero attached hydrogens (tertiary/aromatic N) is 2. The Bertz CT molecular complexity index is 687. The second kappa shape index (κ2) is 9.29. The van der Waals surface area contributed by atoms with Crippen LogP contribution in [0.5, 0.6) is 0 Å². The first-order valence-corrected chi connectivity index (χ1v) is 11.5. The average Bonchev–Trinajstić information content (AvgIpc) is 2.74. The molecule has 0 bridgehead atoms. The molecule has 5 heteroatoms. The molecule has 0 atom stereocenters. The molecule has 158 valence electrons. The van der Waals surface area contributed by atoms with Gasteiger partial charge in [-0.1, -0.05) is 36.8 Å². The highest BCUT2D eigenvalue weighted by atomic mass is 16.2. The van der Waals surface area contributed by atoms with Gasteiger partial charge in [0.25, 0.3) is 0 Å². The van der Waals surface area contributed by atoms with Crippen molar-refractivity contribution >= 4 is 11.8 Å². The van der Waals surface area contributed by atoms with E-state index in [-0.39, 0.29) is 17.2 Å². The fraction of sp³-hybridized carbons (Fsp3) is 0.667. The maximum absolute atomic E-state index is 12.7. The Hall–Kier alpha value is -1.88. The number of carbonyl (C=O) groups is 2. The summed E-state index contributed by atoms with van der Waals surface area (Å²) in [6, 6.07) is 10.6. The van der Waals surface area contributed by atoms with E-state index in [1.807, 2.05) is 6.07 Å². The van der Waals surface area contributed by atoms with Crippen LogP contribution in [0.3, 0.4) is 0 Å². The summed E-state index contributed by atoms with van der Waals surface area (Å²) in [5, 5.41) is 3.20. The molecule has 0 unspecified atom stereocenters. The van der Waals surface area contributed by atoms with E-state index < -0.39 is 0 Å². The number of carbonyl (C=O) groups excluding carboxylic acids is 2. The van der Waals surface area contributed by atoms with Crippen LogP contribution < -0.4 is 5.32 Å². The molecular formula is C24H35N3O2. The zero-order valence-electron chi connectivity index (χ0n) is 17.6. The molecule has 2 heterocycles. The third-order valence-electron chi connectivity index (χ3n) is 7.29. The van der Waals surface area contributed by atoms with Crippen molar-refractivity contribution in [2.24, 2.45) is 5.92 Å². The van der Waals surface area contributed by atoms with Gasteiger partial charge in [0, 0.05) is 31.0 Å². The van der Waals surface area contributed by atoms with Gasteiger partial charge in [0.05, 0.1) is 6.54 Å². The molecule has 3 aliphatic rings. The number of amides is 2. The Kier molecular flexibility index (Phi) is 6.53. The van der Waals surface area contributed by atoms with Crippen LogP contribution >= 0.6 is 0 Å². The van der Waals surface area contributed by atoms with Crippen LogP contribution in [0.15, 0.2) is 30.3 Å². The van der Waals surface area contributed by atoms with Gasteiger partial charge >= 0.3 is 0 Å². The van der Waals surface area contributed by atoms with Crippen LogP contribution in [-0.2, 0) is 15.0 Å². The number of benzene rings is 1. The van der Waals surface area contributed by atoms with Crippen molar-refractivity contribution in [2.75, 3.05) is 39.3 Å². The molecule has 5 nitrogen and oxygen atoms in total. The van der Waals surface area contributed by atoms with E-state index >= 15 is 0 Å². The summed E-state index contributed by atoms with van der Waals surface area (Å²) in [6.07, 6.45) is 8.87. The summed E-state index contributed by atoms with van der Waals surface area (Å²) in [4.78, 5) is 29.5. The smallest absolute Gasteiger partial charge is 0.234 e. The van der Waals surface area contributed by atoms with Gasteiger partial charge in [-0.25, -0.2) is 0 Å². The van der Waals surface area contributed by atoms with Crippen molar-refractivity contribution in [1.82, 2.24) is 15.1 Å². The molecule has 0 radical (unpaired) electrons. The van der Waals surface area contributed by atoms with Crippen molar-refractivity contribution in [1.29, 1.82) is 0 Å². The monoisotopic (exact) mass is 397 g/mol. The molecule has 2 amide bonds. The molecule has 3 fully saturated rings. The van der Waals surface area contributed by atoms with Gasteiger partial charge in [-0.2, -0.15) is 0 Å². The predicted molar refractivity (Wildman–Crippen MR) is 115 cm³/mol. The van der Waals surface area contributed by atoms with Crippen molar-refractivity contribution in [3.8, 4) is 0 Å². The van der Waals surface area contributed by atoms with Gasteiger partial charge in [0.1, 0.15) is 0 Å². The van der Waals surface area contributed by atoms with Gasteiger partial charge in [0.2, 0.25) is 11.8 Å². The third-order valence-corrected chi connectivity index (χ3v) is 7.29. The minimum absolute atomic E-state index is 0.119. The number of piperidine rings is 2. The van der Waals surface area contributed by atoms with E-state index in [0.717, 1.165) is 71.2 Å². The van der Waals surface area contributed by atoms with E-state index in [0.29, 0.717) is 12.5 Å². The van der Waals surface area contributed by atoms with E-state index in [1.165, 1.54) is 18.4 Å². The summed E-state index contributed by atoms with van der Waals surface area (Å²) in [5.74, 6) is 0.625. The molecule has 1 saturated carbocycles. The van der Waals surface area contributed by atoms with Crippen molar-refractivity contribution in [3.63, 3.8) is 0 Å². The Morgan fingerprint density at radius 1 is 0.931 bits per heavy atom.